The van der Waals surface area contributed by atoms with Crippen molar-refractivity contribution in [2.45, 2.75) is 70.9 Å². The van der Waals surface area contributed by atoms with E-state index in [-0.39, 0.29) is 6.42 Å². The predicted molar refractivity (Wildman–Crippen MR) is 116 cm³/mol. The minimum Gasteiger partial charge on any atom is -0.481 e. The number of hydrogen-bond acceptors (Lipinski definition) is 6. The van der Waals surface area contributed by atoms with Gasteiger partial charge >= 0.3 is 5.97 Å². The topological polar surface area (TPSA) is 78.4 Å². The largest absolute Gasteiger partial charge is 0.481 e. The molecule has 0 bridgehead atoms. The third kappa shape index (κ3) is 3.99. The molecule has 3 heterocycles. The van der Waals surface area contributed by atoms with Crippen LogP contribution in [0.15, 0.2) is 0 Å². The third-order valence-corrected chi connectivity index (χ3v) is 8.08. The highest BCUT2D eigenvalue weighted by molar-refractivity contribution is 7.19. The van der Waals surface area contributed by atoms with Crippen molar-refractivity contribution in [3.05, 3.63) is 16.3 Å². The first-order valence-electron chi connectivity index (χ1n) is 11.1. The van der Waals surface area contributed by atoms with E-state index in [4.69, 9.17) is 15.1 Å². The van der Waals surface area contributed by atoms with Gasteiger partial charge in [0.2, 0.25) is 0 Å². The zero-order valence-electron chi connectivity index (χ0n) is 17.1. The summed E-state index contributed by atoms with van der Waals surface area (Å²) in [7, 11) is 0. The summed E-state index contributed by atoms with van der Waals surface area (Å²) in [5, 5.41) is 13.9. The standard InChI is InChI=1S/C22H30N4O2S/c1-13-5-7-26(8-6-13)12-18-24-21(23-15-9-14(10-15)11-19(27)28)20-16-3-2-4-17(16)29-22(20)25-18/h13-15H,2-12H2,1H3,(H,27,28)(H,23,24,25). The lowest BCUT2D eigenvalue weighted by atomic mass is 9.78. The quantitative estimate of drug-likeness (QED) is 0.742. The number of carboxylic acids is 1. The molecule has 29 heavy (non-hydrogen) atoms. The number of carbonyl (C=O) groups is 1. The molecule has 0 atom stereocenters. The molecular formula is C22H30N4O2S. The second-order valence-corrected chi connectivity index (χ2v) is 10.3. The molecule has 156 valence electrons. The summed E-state index contributed by atoms with van der Waals surface area (Å²) in [5.74, 6) is 2.35. The normalized spacial score (nSPS) is 25.1. The van der Waals surface area contributed by atoms with Crippen molar-refractivity contribution < 1.29 is 9.90 Å². The Balaban J connectivity index is 1.38. The van der Waals surface area contributed by atoms with Crippen LogP contribution in [0.25, 0.3) is 10.2 Å². The van der Waals surface area contributed by atoms with E-state index in [1.807, 2.05) is 11.3 Å². The molecule has 2 N–H and O–H groups in total. The highest BCUT2D eigenvalue weighted by Gasteiger charge is 2.32. The number of aliphatic carboxylic acids is 1. The summed E-state index contributed by atoms with van der Waals surface area (Å²) in [5.41, 5.74) is 1.45. The summed E-state index contributed by atoms with van der Waals surface area (Å²) in [6.45, 7) is 5.43. The van der Waals surface area contributed by atoms with Crippen molar-refractivity contribution in [1.29, 1.82) is 0 Å². The number of likely N-dealkylation sites (tertiary alicyclic amines) is 1. The van der Waals surface area contributed by atoms with Gasteiger partial charge in [0.15, 0.2) is 0 Å². The molecule has 6 nitrogen and oxygen atoms in total. The fourth-order valence-corrected chi connectivity index (χ4v) is 6.38. The Morgan fingerprint density at radius 3 is 2.79 bits per heavy atom. The van der Waals surface area contributed by atoms with Gasteiger partial charge in [-0.05, 0) is 75.4 Å². The first-order valence-corrected chi connectivity index (χ1v) is 11.9. The molecule has 0 spiro atoms. The van der Waals surface area contributed by atoms with Gasteiger partial charge in [-0.2, -0.15) is 0 Å². The molecule has 0 unspecified atom stereocenters. The Morgan fingerprint density at radius 1 is 1.24 bits per heavy atom. The minimum atomic E-state index is -0.688. The van der Waals surface area contributed by atoms with Crippen molar-refractivity contribution in [2.75, 3.05) is 18.4 Å². The Hall–Kier alpha value is -1.73. The molecule has 1 saturated carbocycles. The summed E-state index contributed by atoms with van der Waals surface area (Å²) in [6.07, 6.45) is 8.16. The SMILES string of the molecule is CC1CCN(Cc2nc(NC3CC(CC(=O)O)C3)c3c4c(sc3n2)CCC4)CC1. The first-order chi connectivity index (χ1) is 14.0. The molecule has 5 rings (SSSR count). The number of fused-ring (bicyclic) bond motifs is 3. The second-order valence-electron chi connectivity index (χ2n) is 9.26. The van der Waals surface area contributed by atoms with E-state index in [0.717, 1.165) is 61.3 Å². The van der Waals surface area contributed by atoms with Crippen LogP contribution in [-0.2, 0) is 24.2 Å². The molecule has 1 saturated heterocycles. The van der Waals surface area contributed by atoms with Crippen LogP contribution in [-0.4, -0.2) is 45.1 Å². The lowest BCUT2D eigenvalue weighted by molar-refractivity contribution is -0.138. The van der Waals surface area contributed by atoms with Crippen molar-refractivity contribution in [2.24, 2.45) is 11.8 Å². The molecule has 2 aromatic rings. The van der Waals surface area contributed by atoms with Gasteiger partial charge in [-0.25, -0.2) is 9.97 Å². The van der Waals surface area contributed by atoms with Gasteiger partial charge in [-0.3, -0.25) is 9.69 Å². The maximum atomic E-state index is 10.9. The second kappa shape index (κ2) is 7.84. The summed E-state index contributed by atoms with van der Waals surface area (Å²) in [4.78, 5) is 26.0. The van der Waals surface area contributed by atoms with E-state index in [2.05, 4.69) is 17.1 Å². The summed E-state index contributed by atoms with van der Waals surface area (Å²) >= 11 is 1.85. The van der Waals surface area contributed by atoms with Gasteiger partial charge in [0, 0.05) is 17.3 Å². The molecule has 2 aromatic heterocycles. The van der Waals surface area contributed by atoms with Crippen LogP contribution in [0.1, 0.15) is 61.7 Å². The van der Waals surface area contributed by atoms with E-state index >= 15 is 0 Å². The lowest BCUT2D eigenvalue weighted by Crippen LogP contribution is -2.37. The van der Waals surface area contributed by atoms with Gasteiger partial charge in [-0.15, -0.1) is 11.3 Å². The van der Waals surface area contributed by atoms with Crippen LogP contribution in [0.2, 0.25) is 0 Å². The molecule has 0 aromatic carbocycles. The monoisotopic (exact) mass is 414 g/mol. The van der Waals surface area contributed by atoms with Crippen LogP contribution in [0.5, 0.6) is 0 Å². The first kappa shape index (κ1) is 19.2. The van der Waals surface area contributed by atoms with Gasteiger partial charge in [-0.1, -0.05) is 6.92 Å². The van der Waals surface area contributed by atoms with E-state index in [9.17, 15) is 4.79 Å². The van der Waals surface area contributed by atoms with Crippen molar-refractivity contribution in [3.8, 4) is 0 Å². The fraction of sp³-hybridized carbons (Fsp3) is 0.682. The van der Waals surface area contributed by atoms with Gasteiger partial charge in [0.25, 0.3) is 0 Å². The molecule has 1 aliphatic heterocycles. The van der Waals surface area contributed by atoms with Crippen LogP contribution < -0.4 is 5.32 Å². The van der Waals surface area contributed by atoms with Crippen LogP contribution >= 0.6 is 11.3 Å². The number of anilines is 1. The number of aromatic nitrogens is 2. The Labute approximate surface area is 175 Å². The van der Waals surface area contributed by atoms with Gasteiger partial charge in [0.1, 0.15) is 16.5 Å². The maximum Gasteiger partial charge on any atom is 0.303 e. The number of aryl methyl sites for hydroxylation is 2. The number of piperidine rings is 1. The average molecular weight is 415 g/mol. The van der Waals surface area contributed by atoms with Crippen molar-refractivity contribution in [1.82, 2.24) is 14.9 Å². The van der Waals surface area contributed by atoms with E-state index in [1.54, 1.807) is 0 Å². The number of rotatable bonds is 6. The van der Waals surface area contributed by atoms with Crippen LogP contribution in [0, 0.1) is 11.8 Å². The highest BCUT2D eigenvalue weighted by atomic mass is 32.1. The minimum absolute atomic E-state index is 0.282. The Bertz CT molecular complexity index is 913. The summed E-state index contributed by atoms with van der Waals surface area (Å²) in [6, 6.07) is 0.332. The maximum absolute atomic E-state index is 10.9. The van der Waals surface area contributed by atoms with E-state index in [1.165, 1.54) is 41.5 Å². The Morgan fingerprint density at radius 2 is 2.03 bits per heavy atom. The number of carboxylic acid groups (broad SMARTS) is 1. The van der Waals surface area contributed by atoms with Gasteiger partial charge < -0.3 is 10.4 Å². The molecule has 0 radical (unpaired) electrons. The van der Waals surface area contributed by atoms with Crippen LogP contribution in [0.3, 0.4) is 0 Å². The number of nitrogens with one attached hydrogen (secondary N) is 1. The number of hydrogen-bond donors (Lipinski definition) is 2. The zero-order chi connectivity index (χ0) is 20.0. The molecule has 2 fully saturated rings. The summed E-state index contributed by atoms with van der Waals surface area (Å²) < 4.78 is 0. The fourth-order valence-electron chi connectivity index (χ4n) is 5.10. The molecular weight excluding hydrogens is 384 g/mol. The zero-order valence-corrected chi connectivity index (χ0v) is 17.9. The number of thiophene rings is 1. The molecule has 2 aliphatic carbocycles. The smallest absolute Gasteiger partial charge is 0.303 e. The number of nitrogens with zero attached hydrogens (tertiary/aromatic N) is 3. The molecule has 7 heteroatoms. The van der Waals surface area contributed by atoms with Gasteiger partial charge in [0.05, 0.1) is 11.9 Å². The Kier molecular flexibility index (Phi) is 5.20. The third-order valence-electron chi connectivity index (χ3n) is 6.89. The predicted octanol–water partition coefficient (Wildman–Crippen LogP) is 4.08. The lowest BCUT2D eigenvalue weighted by Gasteiger charge is -2.35. The molecule has 0 amide bonds. The van der Waals surface area contributed by atoms with E-state index < -0.39 is 5.97 Å². The van der Waals surface area contributed by atoms with E-state index in [0.29, 0.717) is 12.0 Å². The molecule has 3 aliphatic rings. The van der Waals surface area contributed by atoms with Crippen LogP contribution in [0.4, 0.5) is 5.82 Å². The van der Waals surface area contributed by atoms with Crippen molar-refractivity contribution >= 4 is 33.3 Å². The average Bonchev–Trinajstić information content (AvgIpc) is 3.22. The highest BCUT2D eigenvalue weighted by Crippen LogP contribution is 2.41. The van der Waals surface area contributed by atoms with Crippen molar-refractivity contribution in [3.63, 3.8) is 0 Å².